The molecule has 0 bridgehead atoms. The Morgan fingerprint density at radius 1 is 1.09 bits per heavy atom. The molecule has 2 amide bonds. The number of hydrogen-bond acceptors (Lipinski definition) is 8. The van der Waals surface area contributed by atoms with Gasteiger partial charge in [-0.05, 0) is 74.1 Å². The van der Waals surface area contributed by atoms with E-state index in [1.165, 1.54) is 22.8 Å². The van der Waals surface area contributed by atoms with E-state index in [2.05, 4.69) is 10.3 Å². The number of carbonyl (C=O) groups is 2. The van der Waals surface area contributed by atoms with E-state index in [-0.39, 0.29) is 45.3 Å². The number of likely N-dealkylation sites (tertiary alicyclic amines) is 1. The summed E-state index contributed by atoms with van der Waals surface area (Å²) in [5, 5.41) is 3.49. The van der Waals surface area contributed by atoms with Gasteiger partial charge in [-0.3, -0.25) is 19.0 Å². The van der Waals surface area contributed by atoms with Crippen molar-refractivity contribution in [2.45, 2.75) is 45.6 Å². The maximum Gasteiger partial charge on any atom is 0.285 e. The number of halogens is 2. The summed E-state index contributed by atoms with van der Waals surface area (Å²) in [6.45, 7) is 6.40. The molecule has 11 nitrogen and oxygen atoms in total. The molecule has 1 aliphatic rings. The fourth-order valence-corrected chi connectivity index (χ4v) is 6.45. The summed E-state index contributed by atoms with van der Waals surface area (Å²) in [6, 6.07) is 10.9. The van der Waals surface area contributed by atoms with Crippen molar-refractivity contribution in [2.75, 3.05) is 24.7 Å². The average molecular weight is 669 g/mol. The third-order valence-corrected chi connectivity index (χ3v) is 8.96. The van der Waals surface area contributed by atoms with Crippen LogP contribution in [-0.2, 0) is 21.9 Å². The maximum absolute atomic E-state index is 15.8. The molecule has 4 aromatic rings. The molecule has 0 spiro atoms. The van der Waals surface area contributed by atoms with Crippen LogP contribution >= 0.6 is 11.6 Å². The molecule has 0 aliphatic carbocycles. The van der Waals surface area contributed by atoms with Crippen LogP contribution in [0.5, 0.6) is 0 Å². The van der Waals surface area contributed by atoms with Gasteiger partial charge in [0.25, 0.3) is 11.5 Å². The van der Waals surface area contributed by atoms with Crippen LogP contribution in [0.15, 0.2) is 47.3 Å². The second kappa shape index (κ2) is 12.8. The number of amides is 2. The average Bonchev–Trinajstić information content (AvgIpc) is 2.99. The van der Waals surface area contributed by atoms with Crippen LogP contribution in [-0.4, -0.2) is 59.0 Å². The molecule has 1 aliphatic heterocycles. The van der Waals surface area contributed by atoms with Gasteiger partial charge in [0.1, 0.15) is 16.8 Å². The van der Waals surface area contributed by atoms with Crippen molar-refractivity contribution in [3.8, 4) is 11.4 Å². The monoisotopic (exact) mass is 668 g/mol. The lowest BCUT2D eigenvalue weighted by Crippen LogP contribution is -2.36. The summed E-state index contributed by atoms with van der Waals surface area (Å²) in [5.74, 6) is -1.19. The number of pyridine rings is 1. The molecule has 1 fully saturated rings. The fourth-order valence-electron chi connectivity index (χ4n) is 5.87. The number of benzene rings is 2. The number of nitrogens with one attached hydrogen (secondary N) is 2. The van der Waals surface area contributed by atoms with Crippen LogP contribution in [0.1, 0.15) is 65.8 Å². The Morgan fingerprint density at radius 3 is 2.41 bits per heavy atom. The van der Waals surface area contributed by atoms with Crippen molar-refractivity contribution < 1.29 is 22.4 Å². The highest BCUT2D eigenvalue weighted by Crippen LogP contribution is 2.33. The van der Waals surface area contributed by atoms with Crippen molar-refractivity contribution in [1.29, 1.82) is 0 Å². The third-order valence-electron chi connectivity index (χ3n) is 8.19. The van der Waals surface area contributed by atoms with Crippen molar-refractivity contribution in [1.82, 2.24) is 24.2 Å². The topological polar surface area (TPSA) is 143 Å². The van der Waals surface area contributed by atoms with Gasteiger partial charge in [-0.2, -0.15) is 0 Å². The quantitative estimate of drug-likeness (QED) is 0.270. The number of carbonyl (C=O) groups excluding carboxylic acids is 2. The molecular weight excluding hydrogens is 635 g/mol. The molecule has 2 aromatic heterocycles. The van der Waals surface area contributed by atoms with E-state index in [4.69, 9.17) is 16.6 Å². The van der Waals surface area contributed by atoms with Gasteiger partial charge in [-0.1, -0.05) is 23.7 Å². The molecule has 1 atom stereocenters. The van der Waals surface area contributed by atoms with Gasteiger partial charge in [-0.15, -0.1) is 0 Å². The van der Waals surface area contributed by atoms with Crippen molar-refractivity contribution in [2.24, 2.45) is 7.05 Å². The van der Waals surface area contributed by atoms with Crippen molar-refractivity contribution >= 4 is 50.0 Å². The molecule has 14 heteroatoms. The molecule has 2 aromatic carbocycles. The molecule has 0 unspecified atom stereocenters. The third kappa shape index (κ3) is 6.90. The van der Waals surface area contributed by atoms with Gasteiger partial charge in [0.05, 0.1) is 34.5 Å². The summed E-state index contributed by atoms with van der Waals surface area (Å²) in [5.41, 5.74) is 2.31. The minimum absolute atomic E-state index is 0.0118. The first-order valence-corrected chi connectivity index (χ1v) is 16.9. The first-order chi connectivity index (χ1) is 21.6. The minimum Gasteiger partial charge on any atom is -0.377 e. The summed E-state index contributed by atoms with van der Waals surface area (Å²) in [7, 11) is -2.33. The number of aryl methyl sites for hydroxylation is 1. The summed E-state index contributed by atoms with van der Waals surface area (Å²) in [4.78, 5) is 48.7. The highest BCUT2D eigenvalue weighted by molar-refractivity contribution is 7.89. The van der Waals surface area contributed by atoms with E-state index >= 15 is 4.39 Å². The van der Waals surface area contributed by atoms with E-state index in [0.717, 1.165) is 30.2 Å². The largest absolute Gasteiger partial charge is 0.377 e. The van der Waals surface area contributed by atoms with E-state index in [0.29, 0.717) is 29.6 Å². The Bertz CT molecular complexity index is 2040. The first kappa shape index (κ1) is 33.0. The lowest BCUT2D eigenvalue weighted by atomic mass is 9.88. The lowest BCUT2D eigenvalue weighted by Gasteiger charge is -2.31. The zero-order chi connectivity index (χ0) is 33.5. The van der Waals surface area contributed by atoms with Gasteiger partial charge in [0.2, 0.25) is 15.9 Å². The van der Waals surface area contributed by atoms with Gasteiger partial charge >= 0.3 is 0 Å². The SMILES string of the molecule is CC(=O)N1CCC(c2ccc(-c3nc4c([C@@H](C)Nc5ccc(Cl)nc5C(=O)NS(C)(=O)=O)cc(C)cc4c(=O)n3C)c(F)c2)CC1. The van der Waals surface area contributed by atoms with Crippen LogP contribution in [0.2, 0.25) is 5.15 Å². The number of piperidine rings is 1. The Labute approximate surface area is 270 Å². The molecule has 46 heavy (non-hydrogen) atoms. The number of nitrogens with zero attached hydrogens (tertiary/aromatic N) is 4. The zero-order valence-electron chi connectivity index (χ0n) is 26.0. The number of hydrogen-bond donors (Lipinski definition) is 2. The summed E-state index contributed by atoms with van der Waals surface area (Å²) in [6.07, 6.45) is 2.32. The molecule has 0 radical (unpaired) electrons. The Morgan fingerprint density at radius 2 is 1.78 bits per heavy atom. The molecule has 2 N–H and O–H groups in total. The predicted octanol–water partition coefficient (Wildman–Crippen LogP) is 4.68. The number of sulfonamides is 1. The Hall–Kier alpha value is -4.36. The highest BCUT2D eigenvalue weighted by Gasteiger charge is 2.25. The number of rotatable bonds is 7. The predicted molar refractivity (Wildman–Crippen MR) is 175 cm³/mol. The van der Waals surface area contributed by atoms with Gasteiger partial charge < -0.3 is 10.2 Å². The number of anilines is 1. The van der Waals surface area contributed by atoms with E-state index in [9.17, 15) is 22.8 Å². The van der Waals surface area contributed by atoms with Gasteiger partial charge in [0.15, 0.2) is 5.69 Å². The van der Waals surface area contributed by atoms with Crippen LogP contribution < -0.4 is 15.6 Å². The highest BCUT2D eigenvalue weighted by atomic mass is 35.5. The van der Waals surface area contributed by atoms with E-state index in [1.54, 1.807) is 37.9 Å². The fraction of sp³-hybridized carbons (Fsp3) is 0.344. The summed E-state index contributed by atoms with van der Waals surface area (Å²) >= 11 is 6.02. The minimum atomic E-state index is -3.88. The van der Waals surface area contributed by atoms with Crippen LogP contribution in [0, 0.1) is 12.7 Å². The molecule has 242 valence electrons. The number of fused-ring (bicyclic) bond motifs is 1. The van der Waals surface area contributed by atoms with Crippen molar-refractivity contribution in [3.05, 3.63) is 86.2 Å². The molecular formula is C32H34ClFN6O5S. The summed E-state index contributed by atoms with van der Waals surface area (Å²) < 4.78 is 42.4. The molecule has 5 rings (SSSR count). The van der Waals surface area contributed by atoms with Crippen molar-refractivity contribution in [3.63, 3.8) is 0 Å². The van der Waals surface area contributed by atoms with Crippen LogP contribution in [0.3, 0.4) is 0 Å². The normalized spacial score (nSPS) is 14.7. The first-order valence-electron chi connectivity index (χ1n) is 14.6. The second-order valence-electron chi connectivity index (χ2n) is 11.7. The second-order valence-corrected chi connectivity index (χ2v) is 13.8. The van der Waals surface area contributed by atoms with Crippen LogP contribution in [0.4, 0.5) is 10.1 Å². The molecule has 0 saturated carbocycles. The standard InChI is InChI=1S/C32H34ClFN6O5S/c1-17-14-23(18(2)35-26-8-9-27(33)36-29(26)31(42)38-46(5,44)45)28-24(15-17)32(43)39(4)30(37-28)22-7-6-21(16-25(22)34)20-10-12-40(13-11-20)19(3)41/h6-9,14-16,18,20,35H,10-13H2,1-5H3,(H,38,42)/t18-/m1/s1. The molecule has 3 heterocycles. The maximum atomic E-state index is 15.8. The molecule has 1 saturated heterocycles. The smallest absolute Gasteiger partial charge is 0.285 e. The zero-order valence-corrected chi connectivity index (χ0v) is 27.6. The van der Waals surface area contributed by atoms with Crippen LogP contribution in [0.25, 0.3) is 22.3 Å². The number of aromatic nitrogens is 3. The van der Waals surface area contributed by atoms with E-state index < -0.39 is 27.8 Å². The Kier molecular flexibility index (Phi) is 9.19. The van der Waals surface area contributed by atoms with Gasteiger partial charge in [0, 0.05) is 32.6 Å². The lowest BCUT2D eigenvalue weighted by molar-refractivity contribution is -0.129. The van der Waals surface area contributed by atoms with Gasteiger partial charge in [-0.25, -0.2) is 27.5 Å². The van der Waals surface area contributed by atoms with E-state index in [1.807, 2.05) is 23.8 Å². The Balaban J connectivity index is 1.53.